The molecule has 1 aliphatic rings. The predicted octanol–water partition coefficient (Wildman–Crippen LogP) is 6.30. The zero-order chi connectivity index (χ0) is 20.4. The van der Waals surface area contributed by atoms with Crippen molar-refractivity contribution in [3.05, 3.63) is 105 Å². The van der Waals surface area contributed by atoms with E-state index in [1.807, 2.05) is 48.5 Å². The van der Waals surface area contributed by atoms with Gasteiger partial charge in [-0.15, -0.1) is 0 Å². The molecule has 0 unspecified atom stereocenters. The standard InChI is InChI=1S/C24H16Cl2O3/c25-19-11-12-20(26)24-22(19)23(28)18(14-29-24)17(15-7-3-1-4-8-15)13-21(27)16-9-5-2-6-10-16/h1-12H,13-14H2. The maximum atomic E-state index is 13.3. The maximum Gasteiger partial charge on any atom is 0.198 e. The predicted molar refractivity (Wildman–Crippen MR) is 115 cm³/mol. The summed E-state index contributed by atoms with van der Waals surface area (Å²) in [6.07, 6.45) is 0.0754. The highest BCUT2D eigenvalue weighted by Gasteiger charge is 2.31. The van der Waals surface area contributed by atoms with Gasteiger partial charge in [0.2, 0.25) is 0 Å². The van der Waals surface area contributed by atoms with Crippen LogP contribution in [0.25, 0.3) is 5.57 Å². The first kappa shape index (κ1) is 19.4. The van der Waals surface area contributed by atoms with Crippen molar-refractivity contribution in [3.63, 3.8) is 0 Å². The number of rotatable bonds is 4. The summed E-state index contributed by atoms with van der Waals surface area (Å²) in [4.78, 5) is 26.2. The zero-order valence-electron chi connectivity index (χ0n) is 15.3. The van der Waals surface area contributed by atoms with E-state index in [-0.39, 0.29) is 40.9 Å². The van der Waals surface area contributed by atoms with E-state index in [2.05, 4.69) is 0 Å². The Labute approximate surface area is 178 Å². The quantitative estimate of drug-likeness (QED) is 0.366. The third kappa shape index (κ3) is 3.84. The summed E-state index contributed by atoms with van der Waals surface area (Å²) >= 11 is 12.5. The van der Waals surface area contributed by atoms with Gasteiger partial charge in [-0.1, -0.05) is 83.9 Å². The normalized spacial score (nSPS) is 14.8. The van der Waals surface area contributed by atoms with Crippen LogP contribution in [-0.2, 0) is 0 Å². The largest absolute Gasteiger partial charge is 0.486 e. The van der Waals surface area contributed by atoms with Gasteiger partial charge in [0.25, 0.3) is 0 Å². The van der Waals surface area contributed by atoms with E-state index >= 15 is 0 Å². The molecular weight excluding hydrogens is 407 g/mol. The number of allylic oxidation sites excluding steroid dienone is 1. The molecule has 0 spiro atoms. The third-order valence-electron chi connectivity index (χ3n) is 4.84. The van der Waals surface area contributed by atoms with E-state index in [0.717, 1.165) is 5.56 Å². The second kappa shape index (κ2) is 8.24. The molecule has 29 heavy (non-hydrogen) atoms. The van der Waals surface area contributed by atoms with Gasteiger partial charge in [-0.25, -0.2) is 0 Å². The molecule has 1 heterocycles. The number of hydrogen-bond donors (Lipinski definition) is 0. The topological polar surface area (TPSA) is 43.4 Å². The van der Waals surface area contributed by atoms with Gasteiger partial charge in [0.15, 0.2) is 17.3 Å². The summed E-state index contributed by atoms with van der Waals surface area (Å²) in [5.74, 6) is -0.0547. The lowest BCUT2D eigenvalue weighted by atomic mass is 9.88. The molecule has 0 aromatic heterocycles. The minimum absolute atomic E-state index is 0.0260. The fourth-order valence-corrected chi connectivity index (χ4v) is 3.83. The zero-order valence-corrected chi connectivity index (χ0v) is 16.8. The highest BCUT2D eigenvalue weighted by molar-refractivity contribution is 6.39. The highest BCUT2D eigenvalue weighted by Crippen LogP contribution is 2.40. The molecule has 5 heteroatoms. The minimum atomic E-state index is -0.265. The van der Waals surface area contributed by atoms with Crippen molar-refractivity contribution in [2.45, 2.75) is 6.42 Å². The van der Waals surface area contributed by atoms with E-state index < -0.39 is 0 Å². The lowest BCUT2D eigenvalue weighted by molar-refractivity contribution is 0.0997. The average Bonchev–Trinajstić information content (AvgIpc) is 2.76. The van der Waals surface area contributed by atoms with Gasteiger partial charge in [-0.05, 0) is 23.3 Å². The van der Waals surface area contributed by atoms with Crippen molar-refractivity contribution in [1.82, 2.24) is 0 Å². The van der Waals surface area contributed by atoms with Crippen molar-refractivity contribution in [2.24, 2.45) is 0 Å². The number of ketones is 2. The molecule has 3 aromatic rings. The molecule has 4 rings (SSSR count). The highest BCUT2D eigenvalue weighted by atomic mass is 35.5. The Morgan fingerprint density at radius 2 is 1.41 bits per heavy atom. The average molecular weight is 423 g/mol. The number of ether oxygens (including phenoxy) is 1. The number of benzene rings is 3. The van der Waals surface area contributed by atoms with Crippen LogP contribution in [0.5, 0.6) is 5.75 Å². The van der Waals surface area contributed by atoms with Crippen LogP contribution in [0.15, 0.2) is 78.4 Å². The molecule has 0 bridgehead atoms. The first-order valence-corrected chi connectivity index (χ1v) is 9.83. The third-order valence-corrected chi connectivity index (χ3v) is 5.45. The number of hydrogen-bond acceptors (Lipinski definition) is 3. The van der Waals surface area contributed by atoms with Gasteiger partial charge in [0, 0.05) is 17.6 Å². The Bertz CT molecular complexity index is 1120. The summed E-state index contributed by atoms with van der Waals surface area (Å²) in [6, 6.07) is 21.6. The van der Waals surface area contributed by atoms with Crippen LogP contribution >= 0.6 is 23.2 Å². The van der Waals surface area contributed by atoms with Gasteiger partial charge in [0.1, 0.15) is 6.61 Å². The number of halogens is 2. The Morgan fingerprint density at radius 3 is 2.07 bits per heavy atom. The van der Waals surface area contributed by atoms with Crippen LogP contribution in [0, 0.1) is 0 Å². The van der Waals surface area contributed by atoms with Gasteiger partial charge >= 0.3 is 0 Å². The number of Topliss-reactive ketones (excluding diaryl/α,β-unsaturated/α-hetero) is 2. The van der Waals surface area contributed by atoms with Crippen LogP contribution < -0.4 is 4.74 Å². The van der Waals surface area contributed by atoms with Gasteiger partial charge in [-0.2, -0.15) is 0 Å². The molecule has 0 aliphatic carbocycles. The van der Waals surface area contributed by atoms with Crippen LogP contribution in [0.3, 0.4) is 0 Å². The Balaban J connectivity index is 1.83. The first-order valence-electron chi connectivity index (χ1n) is 9.07. The second-order valence-corrected chi connectivity index (χ2v) is 7.45. The Hall–Kier alpha value is -2.88. The van der Waals surface area contributed by atoms with E-state index in [0.29, 0.717) is 21.7 Å². The number of carbonyl (C=O) groups is 2. The van der Waals surface area contributed by atoms with Crippen LogP contribution in [-0.4, -0.2) is 18.2 Å². The summed E-state index contributed by atoms with van der Waals surface area (Å²) in [7, 11) is 0. The SMILES string of the molecule is O=C(CC(=C1COc2c(Cl)ccc(Cl)c2C1=O)c1ccccc1)c1ccccc1. The van der Waals surface area contributed by atoms with E-state index in [1.54, 1.807) is 24.3 Å². The summed E-state index contributed by atoms with van der Waals surface area (Å²) in [5, 5.41) is 0.604. The monoisotopic (exact) mass is 422 g/mol. The lowest BCUT2D eigenvalue weighted by Gasteiger charge is -2.23. The molecule has 0 N–H and O–H groups in total. The molecule has 3 nitrogen and oxygen atoms in total. The Kier molecular flexibility index (Phi) is 5.52. The molecule has 0 amide bonds. The summed E-state index contributed by atoms with van der Waals surface area (Å²) in [5.41, 5.74) is 2.67. The molecule has 0 saturated heterocycles. The number of fused-ring (bicyclic) bond motifs is 1. The molecular formula is C24H16Cl2O3. The minimum Gasteiger partial charge on any atom is -0.486 e. The molecule has 0 atom stereocenters. The van der Waals surface area contributed by atoms with E-state index in [4.69, 9.17) is 27.9 Å². The molecule has 0 saturated carbocycles. The van der Waals surface area contributed by atoms with Gasteiger partial charge < -0.3 is 4.74 Å². The summed E-state index contributed by atoms with van der Waals surface area (Å²) in [6.45, 7) is 0.0260. The Morgan fingerprint density at radius 1 is 0.828 bits per heavy atom. The van der Waals surface area contributed by atoms with E-state index in [9.17, 15) is 9.59 Å². The van der Waals surface area contributed by atoms with Crippen molar-refractivity contribution < 1.29 is 14.3 Å². The maximum absolute atomic E-state index is 13.3. The number of carbonyl (C=O) groups excluding carboxylic acids is 2. The molecule has 0 fully saturated rings. The fourth-order valence-electron chi connectivity index (χ4n) is 3.38. The first-order chi connectivity index (χ1) is 14.1. The molecule has 1 aliphatic heterocycles. The summed E-state index contributed by atoms with van der Waals surface area (Å²) < 4.78 is 5.80. The fraction of sp³-hybridized carbons (Fsp3) is 0.0833. The lowest BCUT2D eigenvalue weighted by Crippen LogP contribution is -2.22. The molecule has 144 valence electrons. The van der Waals surface area contributed by atoms with Crippen LogP contribution in [0.1, 0.15) is 32.7 Å². The second-order valence-electron chi connectivity index (χ2n) is 6.64. The van der Waals surface area contributed by atoms with Crippen molar-refractivity contribution in [2.75, 3.05) is 6.61 Å². The smallest absolute Gasteiger partial charge is 0.198 e. The van der Waals surface area contributed by atoms with Gasteiger partial charge in [-0.3, -0.25) is 9.59 Å². The van der Waals surface area contributed by atoms with Crippen LogP contribution in [0.4, 0.5) is 0 Å². The van der Waals surface area contributed by atoms with Crippen LogP contribution in [0.2, 0.25) is 10.0 Å². The van der Waals surface area contributed by atoms with Gasteiger partial charge in [0.05, 0.1) is 15.6 Å². The molecule has 0 radical (unpaired) electrons. The van der Waals surface area contributed by atoms with Crippen molar-refractivity contribution >= 4 is 40.3 Å². The van der Waals surface area contributed by atoms with E-state index in [1.165, 1.54) is 0 Å². The van der Waals surface area contributed by atoms with Crippen molar-refractivity contribution in [1.29, 1.82) is 0 Å². The van der Waals surface area contributed by atoms with Crippen molar-refractivity contribution in [3.8, 4) is 5.75 Å². The molecule has 3 aromatic carbocycles.